The van der Waals surface area contributed by atoms with Gasteiger partial charge in [0.15, 0.2) is 11.7 Å². The first-order valence-corrected chi connectivity index (χ1v) is 6.76. The third-order valence-electron chi connectivity index (χ3n) is 2.53. The zero-order chi connectivity index (χ0) is 13.2. The molecule has 0 aliphatic carbocycles. The molecule has 0 atom stereocenters. The summed E-state index contributed by atoms with van der Waals surface area (Å²) in [5, 5.41) is 10.4. The quantitative estimate of drug-likeness (QED) is 0.331. The summed E-state index contributed by atoms with van der Waals surface area (Å²) in [4.78, 5) is 4.46. The normalized spacial score (nSPS) is 11.0. The molecule has 6 heteroatoms. The van der Waals surface area contributed by atoms with Gasteiger partial charge in [-0.05, 0) is 19.8 Å². The van der Waals surface area contributed by atoms with E-state index in [1.54, 1.807) is 0 Å². The van der Waals surface area contributed by atoms with Crippen molar-refractivity contribution in [3.8, 4) is 0 Å². The van der Waals surface area contributed by atoms with Crippen molar-refractivity contribution in [2.75, 3.05) is 13.1 Å². The molecular weight excluding hydrogens is 355 g/mol. The number of aryl methyl sites for hydroxylation is 1. The molecule has 1 heterocycles. The predicted molar refractivity (Wildman–Crippen MR) is 89.0 cm³/mol. The van der Waals surface area contributed by atoms with E-state index in [9.17, 15) is 0 Å². The third kappa shape index (κ3) is 7.39. The molecule has 110 valence electrons. The minimum absolute atomic E-state index is 0. The van der Waals surface area contributed by atoms with Crippen LogP contribution in [-0.4, -0.2) is 24.2 Å². The van der Waals surface area contributed by atoms with Crippen molar-refractivity contribution in [2.45, 2.75) is 46.6 Å². The molecular formula is C13H25IN4O. The highest BCUT2D eigenvalue weighted by atomic mass is 127. The average molecular weight is 380 g/mol. The van der Waals surface area contributed by atoms with E-state index in [0.717, 1.165) is 43.3 Å². The summed E-state index contributed by atoms with van der Waals surface area (Å²) in [6, 6.07) is 1.96. The van der Waals surface area contributed by atoms with E-state index in [1.165, 1.54) is 6.42 Å². The van der Waals surface area contributed by atoms with Crippen molar-refractivity contribution < 1.29 is 4.52 Å². The molecule has 0 unspecified atom stereocenters. The van der Waals surface area contributed by atoms with Gasteiger partial charge in [-0.1, -0.05) is 25.4 Å². The Morgan fingerprint density at radius 2 is 2.11 bits per heavy atom. The van der Waals surface area contributed by atoms with Gasteiger partial charge in [0.1, 0.15) is 6.54 Å². The fraction of sp³-hybridized carbons (Fsp3) is 0.692. The summed E-state index contributed by atoms with van der Waals surface area (Å²) >= 11 is 0. The van der Waals surface area contributed by atoms with Gasteiger partial charge in [0.25, 0.3) is 0 Å². The van der Waals surface area contributed by atoms with E-state index in [0.29, 0.717) is 6.54 Å². The van der Waals surface area contributed by atoms with E-state index < -0.39 is 0 Å². The van der Waals surface area contributed by atoms with Crippen LogP contribution < -0.4 is 10.6 Å². The lowest BCUT2D eigenvalue weighted by Gasteiger charge is -2.09. The lowest BCUT2D eigenvalue weighted by molar-refractivity contribution is 0.379. The number of hydrogen-bond acceptors (Lipinski definition) is 3. The fourth-order valence-electron chi connectivity index (χ4n) is 1.48. The minimum atomic E-state index is 0. The van der Waals surface area contributed by atoms with Crippen molar-refractivity contribution in [3.05, 3.63) is 17.5 Å². The number of nitrogens with zero attached hydrogens (tertiary/aromatic N) is 2. The highest BCUT2D eigenvalue weighted by Gasteiger charge is 2.02. The number of nitrogens with one attached hydrogen (secondary N) is 2. The maximum absolute atomic E-state index is 5.20. The zero-order valence-electron chi connectivity index (χ0n) is 12.0. The molecule has 1 rings (SSSR count). The van der Waals surface area contributed by atoms with Gasteiger partial charge in [-0.25, -0.2) is 4.99 Å². The molecule has 0 bridgehead atoms. The Morgan fingerprint density at radius 3 is 2.68 bits per heavy atom. The molecule has 0 saturated carbocycles. The standard InChI is InChI=1S/C13H24N4O.HI/c1-4-7-8-15-13(14-6-3)16-10-12-9-11(5-2)17-18-12;/h9H,4-8,10H2,1-3H3,(H2,14,15,16);1H. The average Bonchev–Trinajstić information content (AvgIpc) is 2.84. The van der Waals surface area contributed by atoms with Crippen LogP contribution in [0.25, 0.3) is 0 Å². The molecule has 0 aliphatic heterocycles. The van der Waals surface area contributed by atoms with E-state index in [-0.39, 0.29) is 24.0 Å². The predicted octanol–water partition coefficient (Wildman–Crippen LogP) is 2.71. The number of aliphatic imine (C=N–C) groups is 1. The van der Waals surface area contributed by atoms with Crippen LogP contribution in [0, 0.1) is 0 Å². The molecule has 0 saturated heterocycles. The first-order valence-electron chi connectivity index (χ1n) is 6.76. The maximum Gasteiger partial charge on any atom is 0.191 e. The molecule has 0 aliphatic rings. The van der Waals surface area contributed by atoms with Gasteiger partial charge in [-0.2, -0.15) is 0 Å². The van der Waals surface area contributed by atoms with Crippen LogP contribution in [0.5, 0.6) is 0 Å². The summed E-state index contributed by atoms with van der Waals surface area (Å²) in [6.45, 7) is 8.61. The lowest BCUT2D eigenvalue weighted by atomic mass is 10.3. The summed E-state index contributed by atoms with van der Waals surface area (Å²) < 4.78 is 5.20. The van der Waals surface area contributed by atoms with Crippen LogP contribution in [0.15, 0.2) is 15.6 Å². The first-order chi connectivity index (χ1) is 8.80. The highest BCUT2D eigenvalue weighted by Crippen LogP contribution is 2.05. The van der Waals surface area contributed by atoms with Crippen molar-refractivity contribution in [1.29, 1.82) is 0 Å². The second-order valence-electron chi connectivity index (χ2n) is 4.11. The highest BCUT2D eigenvalue weighted by molar-refractivity contribution is 14.0. The molecule has 1 aromatic heterocycles. The Hall–Kier alpha value is -0.790. The number of rotatable bonds is 7. The summed E-state index contributed by atoms with van der Waals surface area (Å²) in [6.07, 6.45) is 3.21. The van der Waals surface area contributed by atoms with E-state index in [4.69, 9.17) is 4.52 Å². The van der Waals surface area contributed by atoms with Gasteiger partial charge in [-0.15, -0.1) is 24.0 Å². The van der Waals surface area contributed by atoms with E-state index >= 15 is 0 Å². The van der Waals surface area contributed by atoms with E-state index in [2.05, 4.69) is 41.6 Å². The molecule has 0 spiro atoms. The van der Waals surface area contributed by atoms with Crippen LogP contribution in [0.2, 0.25) is 0 Å². The largest absolute Gasteiger partial charge is 0.359 e. The van der Waals surface area contributed by atoms with Crippen LogP contribution in [0.1, 0.15) is 45.1 Å². The maximum atomic E-state index is 5.20. The minimum Gasteiger partial charge on any atom is -0.359 e. The van der Waals surface area contributed by atoms with Gasteiger partial charge < -0.3 is 15.2 Å². The summed E-state index contributed by atoms with van der Waals surface area (Å²) in [5.74, 6) is 1.64. The number of unbranched alkanes of at least 4 members (excludes halogenated alkanes) is 1. The van der Waals surface area contributed by atoms with Gasteiger partial charge in [0.05, 0.1) is 5.69 Å². The second kappa shape index (κ2) is 11.1. The van der Waals surface area contributed by atoms with Crippen molar-refractivity contribution in [2.24, 2.45) is 4.99 Å². The topological polar surface area (TPSA) is 62.5 Å². The van der Waals surface area contributed by atoms with Crippen molar-refractivity contribution in [1.82, 2.24) is 15.8 Å². The Bertz CT molecular complexity index is 365. The Kier molecular flexibility index (Phi) is 10.6. The third-order valence-corrected chi connectivity index (χ3v) is 2.53. The zero-order valence-corrected chi connectivity index (χ0v) is 14.4. The van der Waals surface area contributed by atoms with Crippen LogP contribution in [0.4, 0.5) is 0 Å². The van der Waals surface area contributed by atoms with Crippen LogP contribution in [0.3, 0.4) is 0 Å². The first kappa shape index (κ1) is 18.2. The van der Waals surface area contributed by atoms with Crippen molar-refractivity contribution >= 4 is 29.9 Å². The Balaban J connectivity index is 0.00000324. The molecule has 1 aromatic rings. The summed E-state index contributed by atoms with van der Waals surface area (Å²) in [7, 11) is 0. The monoisotopic (exact) mass is 380 g/mol. The SMILES string of the molecule is CCCCNC(=NCc1cc(CC)no1)NCC.I. The molecule has 0 amide bonds. The second-order valence-corrected chi connectivity index (χ2v) is 4.11. The molecule has 2 N–H and O–H groups in total. The molecule has 19 heavy (non-hydrogen) atoms. The van der Waals surface area contributed by atoms with Gasteiger partial charge in [0, 0.05) is 19.2 Å². The molecule has 0 radical (unpaired) electrons. The fourth-order valence-corrected chi connectivity index (χ4v) is 1.48. The number of guanidine groups is 1. The molecule has 0 aromatic carbocycles. The van der Waals surface area contributed by atoms with E-state index in [1.807, 2.05) is 6.07 Å². The number of hydrogen-bond donors (Lipinski definition) is 2. The van der Waals surface area contributed by atoms with Crippen molar-refractivity contribution in [3.63, 3.8) is 0 Å². The van der Waals surface area contributed by atoms with Gasteiger partial charge >= 0.3 is 0 Å². The lowest BCUT2D eigenvalue weighted by Crippen LogP contribution is -2.37. The Labute approximate surface area is 132 Å². The van der Waals surface area contributed by atoms with Gasteiger partial charge in [0.2, 0.25) is 0 Å². The smallest absolute Gasteiger partial charge is 0.191 e. The number of halogens is 1. The van der Waals surface area contributed by atoms with Crippen LogP contribution in [-0.2, 0) is 13.0 Å². The molecule has 5 nitrogen and oxygen atoms in total. The number of aromatic nitrogens is 1. The van der Waals surface area contributed by atoms with Crippen LogP contribution >= 0.6 is 24.0 Å². The molecule has 0 fully saturated rings. The summed E-state index contributed by atoms with van der Waals surface area (Å²) in [5.41, 5.74) is 0.976. The Morgan fingerprint density at radius 1 is 1.32 bits per heavy atom. The van der Waals surface area contributed by atoms with Gasteiger partial charge in [-0.3, -0.25) is 0 Å².